The van der Waals surface area contributed by atoms with Crippen LogP contribution in [-0.4, -0.2) is 195 Å². The van der Waals surface area contributed by atoms with Gasteiger partial charge in [-0.15, -0.1) is 0 Å². The van der Waals surface area contributed by atoms with Gasteiger partial charge in [0, 0.05) is 55.1 Å². The zero-order valence-corrected chi connectivity index (χ0v) is 60.3. The van der Waals surface area contributed by atoms with Crippen molar-refractivity contribution in [3.8, 4) is 28.3 Å². The smallest absolute Gasteiger partial charge is 0.457 e. The second-order valence-corrected chi connectivity index (χ2v) is 25.4. The highest BCUT2D eigenvalue weighted by Gasteiger charge is 2.49. The van der Waals surface area contributed by atoms with Crippen molar-refractivity contribution in [2.45, 2.75) is 110 Å². The molecular formula is C76H93N7O22. The third-order valence-corrected chi connectivity index (χ3v) is 17.7. The van der Waals surface area contributed by atoms with Crippen molar-refractivity contribution in [2.24, 2.45) is 5.92 Å². The Balaban J connectivity index is 0.705. The zero-order valence-electron chi connectivity index (χ0n) is 60.3. The Hall–Kier alpha value is -9.72. The molecule has 2 aliphatic heterocycles. The van der Waals surface area contributed by atoms with E-state index in [9.17, 15) is 43.2 Å². The van der Waals surface area contributed by atoms with Crippen molar-refractivity contribution >= 4 is 64.4 Å². The first-order valence-corrected chi connectivity index (χ1v) is 35.1. The lowest BCUT2D eigenvalue weighted by Gasteiger charge is -2.32. The molecule has 105 heavy (non-hydrogen) atoms. The van der Waals surface area contributed by atoms with Gasteiger partial charge in [-0.05, 0) is 102 Å². The number of aromatic nitrogens is 2. The Bertz CT molecular complexity index is 4030. The molecular weight excluding hydrogens is 1360 g/mol. The summed E-state index contributed by atoms with van der Waals surface area (Å²) in [7, 11) is 1.62. The van der Waals surface area contributed by atoms with Gasteiger partial charge in [0.1, 0.15) is 43.7 Å². The second-order valence-electron chi connectivity index (χ2n) is 25.4. The summed E-state index contributed by atoms with van der Waals surface area (Å²) in [5.74, 6) is -4.22. The van der Waals surface area contributed by atoms with Crippen LogP contribution in [0.3, 0.4) is 0 Å². The number of carbonyl (C=O) groups excluding carboxylic acids is 8. The summed E-state index contributed by atoms with van der Waals surface area (Å²) in [5.41, 5.74) is 5.76. The minimum atomic E-state index is -2.09. The maximum atomic E-state index is 14.2. The van der Waals surface area contributed by atoms with E-state index >= 15 is 0 Å². The number of cyclic esters (lactones) is 1. The van der Waals surface area contributed by atoms with Gasteiger partial charge in [0.15, 0.2) is 0 Å². The van der Waals surface area contributed by atoms with E-state index in [-0.39, 0.29) is 82.6 Å². The second kappa shape index (κ2) is 39.4. The van der Waals surface area contributed by atoms with E-state index < -0.39 is 83.0 Å². The molecule has 0 spiro atoms. The number of hydrogen-bond acceptors (Lipinski definition) is 23. The standard InChI is InChI=1S/C76H93N7O22/c1-8-53-58-41-52(104-49(5)84)21-22-63(58)80-68-59(53)43-83-65(68)42-62-61(72(83)89)46-101-73(90)76(62,6)105-75(92)103-44-50-17-19-51(20-18-50)79-69(86)48(4)78-71(88)67(47(2)3)82-66(85)24-23-64(81-74(91)102-45-60-56-15-11-9-13-54(56)55-14-10-12-16-57(55)60)70(87)77-25-26-94-29-30-96-33-34-98-37-38-100-40-39-99-36-35-97-32-31-95-28-27-93-7/h9-22,41-42,47-48,60,64,67H,8,23-40,43-46H2,1-7H3,(H,77,87)(H,78,88)(H,79,86)(H,81,91)(H,82,85)/t48-,64-,67-,76-/m0/s1. The van der Waals surface area contributed by atoms with Gasteiger partial charge in [0.25, 0.3) is 5.56 Å². The van der Waals surface area contributed by atoms with Gasteiger partial charge >= 0.3 is 24.2 Å². The van der Waals surface area contributed by atoms with Crippen molar-refractivity contribution in [1.82, 2.24) is 30.8 Å². The molecule has 9 rings (SSSR count). The summed E-state index contributed by atoms with van der Waals surface area (Å²) in [4.78, 5) is 126. The quantitative estimate of drug-likeness (QED) is 0.0115. The monoisotopic (exact) mass is 1460 g/mol. The first kappa shape index (κ1) is 79.4. The SMILES string of the molecule is CCc1c2c(nc3ccc(OC(C)=O)cc13)-c1cc3c(c(=O)n1C2)COC(=O)[C@@]3(C)OC(=O)OCc1ccc(NC(=O)[C@H](C)NC(=O)[C@@H](NC(=O)CC[C@H](NC(=O)OCC2c3ccccc3-c3ccccc32)C(=O)NCCOCCOCCOCCOCCOCCOCCOCCOC)C(C)C)cc1. The average Bonchev–Trinajstić information content (AvgIpc) is 1.64. The van der Waals surface area contributed by atoms with Gasteiger partial charge in [0.05, 0.1) is 128 Å². The predicted octanol–water partition coefficient (Wildman–Crippen LogP) is 6.69. The van der Waals surface area contributed by atoms with Gasteiger partial charge in [-0.2, -0.15) is 0 Å². The number of fused-ring (bicyclic) bond motifs is 8. The van der Waals surface area contributed by atoms with Crippen LogP contribution in [0.15, 0.2) is 102 Å². The number of alkyl carbamates (subject to hydrolysis) is 1. The summed E-state index contributed by atoms with van der Waals surface area (Å²) in [6.45, 7) is 15.0. The van der Waals surface area contributed by atoms with Crippen LogP contribution >= 0.6 is 0 Å². The lowest BCUT2D eigenvalue weighted by Crippen LogP contribution is -2.54. The van der Waals surface area contributed by atoms with E-state index in [1.807, 2.05) is 55.5 Å². The van der Waals surface area contributed by atoms with Gasteiger partial charge in [-0.3, -0.25) is 28.8 Å². The Morgan fingerprint density at radius 3 is 1.84 bits per heavy atom. The number of carbonyl (C=O) groups is 8. The van der Waals surface area contributed by atoms with Crippen LogP contribution in [0.5, 0.6) is 5.75 Å². The van der Waals surface area contributed by atoms with Gasteiger partial charge in [-0.1, -0.05) is 81.4 Å². The van der Waals surface area contributed by atoms with E-state index in [1.54, 1.807) is 74.1 Å². The Labute approximate surface area is 608 Å². The van der Waals surface area contributed by atoms with Gasteiger partial charge in [0.2, 0.25) is 29.2 Å². The van der Waals surface area contributed by atoms with Crippen molar-refractivity contribution in [1.29, 1.82) is 0 Å². The van der Waals surface area contributed by atoms with E-state index in [2.05, 4.69) is 26.6 Å². The van der Waals surface area contributed by atoms with E-state index in [0.29, 0.717) is 120 Å². The third kappa shape index (κ3) is 21.7. The molecule has 5 N–H and O–H groups in total. The highest BCUT2D eigenvalue weighted by molar-refractivity contribution is 5.98. The molecule has 0 fully saturated rings. The fraction of sp³-hybridized carbons (Fsp3) is 0.474. The van der Waals surface area contributed by atoms with Crippen molar-refractivity contribution in [2.75, 3.05) is 125 Å². The van der Waals surface area contributed by atoms with Crippen LogP contribution in [-0.2, 0) is 117 Å². The maximum Gasteiger partial charge on any atom is 0.510 e. The first-order valence-electron chi connectivity index (χ1n) is 35.1. The van der Waals surface area contributed by atoms with Crippen molar-refractivity contribution in [3.05, 3.63) is 146 Å². The highest BCUT2D eigenvalue weighted by atomic mass is 16.7. The van der Waals surface area contributed by atoms with Crippen LogP contribution in [0.1, 0.15) is 99.2 Å². The number of nitrogens with one attached hydrogen (secondary N) is 5. The minimum absolute atomic E-state index is 0.0233. The molecule has 4 aromatic carbocycles. The third-order valence-electron chi connectivity index (χ3n) is 17.7. The number of pyridine rings is 2. The average molecular weight is 1460 g/mol. The van der Waals surface area contributed by atoms with Crippen LogP contribution in [0.4, 0.5) is 15.3 Å². The molecule has 3 aliphatic rings. The molecule has 0 saturated heterocycles. The minimum Gasteiger partial charge on any atom is -0.457 e. The summed E-state index contributed by atoms with van der Waals surface area (Å²) in [6.07, 6.45) is -2.03. The van der Waals surface area contributed by atoms with Crippen LogP contribution in [0, 0.1) is 5.92 Å². The number of nitrogens with zero attached hydrogens (tertiary/aromatic N) is 2. The Kier molecular flexibility index (Phi) is 29.8. The molecule has 564 valence electrons. The molecule has 2 aromatic heterocycles. The molecule has 4 heterocycles. The summed E-state index contributed by atoms with van der Waals surface area (Å²) in [6, 6.07) is 25.2. The molecule has 1 aliphatic carbocycles. The highest BCUT2D eigenvalue weighted by Crippen LogP contribution is 2.45. The maximum absolute atomic E-state index is 14.2. The fourth-order valence-electron chi connectivity index (χ4n) is 12.3. The van der Waals surface area contributed by atoms with Gasteiger partial charge in [-0.25, -0.2) is 19.4 Å². The van der Waals surface area contributed by atoms with E-state index in [1.165, 1.54) is 20.8 Å². The number of methoxy groups -OCH3 is 1. The summed E-state index contributed by atoms with van der Waals surface area (Å²) in [5, 5.41) is 14.3. The number of esters is 2. The number of aryl methyl sites for hydroxylation is 1. The zero-order chi connectivity index (χ0) is 74.8. The van der Waals surface area contributed by atoms with E-state index in [0.717, 1.165) is 38.8 Å². The van der Waals surface area contributed by atoms with Crippen molar-refractivity contribution < 1.29 is 99.9 Å². The number of hydrogen-bond donors (Lipinski definition) is 5. The van der Waals surface area contributed by atoms with Crippen molar-refractivity contribution in [3.63, 3.8) is 0 Å². The lowest BCUT2D eigenvalue weighted by molar-refractivity contribution is -0.172. The fourth-order valence-corrected chi connectivity index (χ4v) is 12.3. The topological polar surface area (TPSA) is 352 Å². The normalized spacial score (nSPS) is 14.9. The number of benzene rings is 4. The molecule has 0 saturated carbocycles. The molecule has 0 unspecified atom stereocenters. The Morgan fingerprint density at radius 2 is 1.26 bits per heavy atom. The van der Waals surface area contributed by atoms with Crippen LogP contribution in [0.2, 0.25) is 0 Å². The number of amides is 5. The predicted molar refractivity (Wildman–Crippen MR) is 381 cm³/mol. The lowest BCUT2D eigenvalue weighted by atomic mass is 9.89. The molecule has 29 nitrogen and oxygen atoms in total. The number of anilines is 1. The molecule has 0 radical (unpaired) electrons. The van der Waals surface area contributed by atoms with Crippen LogP contribution in [0.25, 0.3) is 33.4 Å². The molecule has 5 amide bonds. The number of rotatable bonds is 42. The molecule has 6 aromatic rings. The number of ether oxygens (including phenoxy) is 13. The Morgan fingerprint density at radius 1 is 0.667 bits per heavy atom. The molecule has 29 heteroatoms. The largest absolute Gasteiger partial charge is 0.510 e. The van der Waals surface area contributed by atoms with E-state index in [4.69, 9.17) is 66.6 Å². The first-order chi connectivity index (χ1) is 50.8. The summed E-state index contributed by atoms with van der Waals surface area (Å²) >= 11 is 0. The summed E-state index contributed by atoms with van der Waals surface area (Å²) < 4.78 is 72.8. The van der Waals surface area contributed by atoms with Crippen LogP contribution < -0.4 is 36.9 Å². The molecule has 0 bridgehead atoms. The molecule has 4 atom stereocenters. The van der Waals surface area contributed by atoms with Gasteiger partial charge < -0.3 is 92.7 Å².